The van der Waals surface area contributed by atoms with Crippen molar-refractivity contribution >= 4 is 11.9 Å². The minimum absolute atomic E-state index is 0.0315. The summed E-state index contributed by atoms with van der Waals surface area (Å²) in [7, 11) is 0. The predicted molar refractivity (Wildman–Crippen MR) is 112 cm³/mol. The normalized spacial score (nSPS) is 14.3. The molecule has 30 heavy (non-hydrogen) atoms. The van der Waals surface area contributed by atoms with Gasteiger partial charge in [0.2, 0.25) is 0 Å². The SMILES string of the molecule is CC(C)CC[C@@H](C)NC(=O)COC(=O)c1nn(-c2ccc(F)cc2)c2c1CCCC2. The number of fused-ring (bicyclic) bond motifs is 1. The van der Waals surface area contributed by atoms with E-state index in [-0.39, 0.29) is 30.1 Å². The molecule has 1 heterocycles. The Morgan fingerprint density at radius 3 is 2.53 bits per heavy atom. The van der Waals surface area contributed by atoms with Gasteiger partial charge in [0, 0.05) is 17.3 Å². The molecule has 0 bridgehead atoms. The molecule has 1 atom stereocenters. The number of esters is 1. The lowest BCUT2D eigenvalue weighted by atomic mass is 9.95. The number of carbonyl (C=O) groups excluding carboxylic acids is 2. The van der Waals surface area contributed by atoms with Crippen LogP contribution < -0.4 is 5.32 Å². The van der Waals surface area contributed by atoms with Crippen LogP contribution in [-0.2, 0) is 22.4 Å². The summed E-state index contributed by atoms with van der Waals surface area (Å²) in [5, 5.41) is 7.33. The Morgan fingerprint density at radius 1 is 1.13 bits per heavy atom. The first-order valence-corrected chi connectivity index (χ1v) is 10.7. The van der Waals surface area contributed by atoms with Gasteiger partial charge in [-0.3, -0.25) is 4.79 Å². The molecule has 0 fully saturated rings. The van der Waals surface area contributed by atoms with E-state index in [2.05, 4.69) is 24.3 Å². The van der Waals surface area contributed by atoms with Crippen molar-refractivity contribution in [3.63, 3.8) is 0 Å². The Labute approximate surface area is 176 Å². The van der Waals surface area contributed by atoms with Crippen molar-refractivity contribution in [3.05, 3.63) is 47.0 Å². The number of halogens is 1. The summed E-state index contributed by atoms with van der Waals surface area (Å²) in [4.78, 5) is 24.8. The van der Waals surface area contributed by atoms with Gasteiger partial charge in [0.25, 0.3) is 5.91 Å². The molecule has 0 saturated heterocycles. The van der Waals surface area contributed by atoms with Crippen molar-refractivity contribution in [1.29, 1.82) is 0 Å². The Kier molecular flexibility index (Phi) is 7.24. The Hall–Kier alpha value is -2.70. The zero-order valence-corrected chi connectivity index (χ0v) is 17.9. The van der Waals surface area contributed by atoms with Gasteiger partial charge < -0.3 is 10.1 Å². The Bertz CT molecular complexity index is 890. The number of benzene rings is 1. The highest BCUT2D eigenvalue weighted by Crippen LogP contribution is 2.27. The third kappa shape index (κ3) is 5.46. The van der Waals surface area contributed by atoms with E-state index in [1.54, 1.807) is 16.8 Å². The Balaban J connectivity index is 1.67. The van der Waals surface area contributed by atoms with Crippen molar-refractivity contribution in [2.75, 3.05) is 6.61 Å². The van der Waals surface area contributed by atoms with Crippen LogP contribution >= 0.6 is 0 Å². The van der Waals surface area contributed by atoms with Gasteiger partial charge in [-0.2, -0.15) is 5.10 Å². The van der Waals surface area contributed by atoms with Gasteiger partial charge in [-0.25, -0.2) is 13.9 Å². The number of rotatable bonds is 8. The number of hydrogen-bond acceptors (Lipinski definition) is 4. The molecule has 0 aliphatic heterocycles. The lowest BCUT2D eigenvalue weighted by molar-refractivity contribution is -0.124. The maximum Gasteiger partial charge on any atom is 0.359 e. The molecule has 2 aromatic rings. The van der Waals surface area contributed by atoms with Crippen molar-refractivity contribution in [3.8, 4) is 5.69 Å². The summed E-state index contributed by atoms with van der Waals surface area (Å²) in [5.41, 5.74) is 2.76. The van der Waals surface area contributed by atoms with Crippen LogP contribution in [0.4, 0.5) is 4.39 Å². The molecule has 0 unspecified atom stereocenters. The number of ether oxygens (including phenoxy) is 1. The average Bonchev–Trinajstić information content (AvgIpc) is 3.11. The molecule has 1 amide bonds. The fraction of sp³-hybridized carbons (Fsp3) is 0.522. The van der Waals surface area contributed by atoms with E-state index in [1.165, 1.54) is 12.1 Å². The van der Waals surface area contributed by atoms with Crippen molar-refractivity contribution in [2.45, 2.75) is 65.3 Å². The molecule has 1 N–H and O–H groups in total. The van der Waals surface area contributed by atoms with Crippen LogP contribution in [0.1, 0.15) is 68.2 Å². The zero-order valence-electron chi connectivity index (χ0n) is 17.9. The number of hydrogen-bond donors (Lipinski definition) is 1. The molecule has 0 saturated carbocycles. The van der Waals surface area contributed by atoms with Gasteiger partial charge in [0.05, 0.1) is 5.69 Å². The number of nitrogens with one attached hydrogen (secondary N) is 1. The fourth-order valence-corrected chi connectivity index (χ4v) is 3.73. The Morgan fingerprint density at radius 2 is 1.83 bits per heavy atom. The van der Waals surface area contributed by atoms with E-state index >= 15 is 0 Å². The molecular formula is C23H30FN3O3. The molecule has 1 aromatic heterocycles. The maximum atomic E-state index is 13.3. The first kappa shape index (κ1) is 22.0. The molecule has 162 valence electrons. The summed E-state index contributed by atoms with van der Waals surface area (Å²) in [6, 6.07) is 6.05. The van der Waals surface area contributed by atoms with Crippen molar-refractivity contribution in [2.24, 2.45) is 5.92 Å². The standard InChI is InChI=1S/C23H30FN3O3/c1-15(2)8-9-16(3)25-21(28)14-30-23(29)22-19-6-4-5-7-20(19)27(26-22)18-12-10-17(24)11-13-18/h10-13,15-16H,4-9,14H2,1-3H3,(H,25,28)/t16-/m1/s1. The number of aromatic nitrogens is 2. The van der Waals surface area contributed by atoms with E-state index in [9.17, 15) is 14.0 Å². The lowest BCUT2D eigenvalue weighted by Gasteiger charge is -2.15. The molecule has 1 aliphatic rings. The number of nitrogens with zero attached hydrogens (tertiary/aromatic N) is 2. The molecule has 1 aliphatic carbocycles. The van der Waals surface area contributed by atoms with Crippen LogP contribution in [0.2, 0.25) is 0 Å². The summed E-state index contributed by atoms with van der Waals surface area (Å²) in [6.07, 6.45) is 5.41. The largest absolute Gasteiger partial charge is 0.451 e. The van der Waals surface area contributed by atoms with Gasteiger partial charge in [-0.1, -0.05) is 13.8 Å². The third-order valence-corrected chi connectivity index (χ3v) is 5.36. The van der Waals surface area contributed by atoms with Crippen LogP contribution in [-0.4, -0.2) is 34.3 Å². The summed E-state index contributed by atoms with van der Waals surface area (Å²) < 4.78 is 20.2. The van der Waals surface area contributed by atoms with Crippen LogP contribution in [0.25, 0.3) is 5.69 Å². The number of carbonyl (C=O) groups is 2. The van der Waals surface area contributed by atoms with Gasteiger partial charge in [0.15, 0.2) is 12.3 Å². The minimum Gasteiger partial charge on any atom is -0.451 e. The maximum absolute atomic E-state index is 13.3. The second-order valence-corrected chi connectivity index (χ2v) is 8.39. The van der Waals surface area contributed by atoms with Gasteiger partial charge in [0.1, 0.15) is 5.82 Å². The summed E-state index contributed by atoms with van der Waals surface area (Å²) >= 11 is 0. The molecule has 0 radical (unpaired) electrons. The topological polar surface area (TPSA) is 73.2 Å². The smallest absolute Gasteiger partial charge is 0.359 e. The first-order valence-electron chi connectivity index (χ1n) is 10.7. The predicted octanol–water partition coefficient (Wildman–Crippen LogP) is 3.99. The molecule has 3 rings (SSSR count). The third-order valence-electron chi connectivity index (χ3n) is 5.36. The van der Waals surface area contributed by atoms with Crippen LogP contribution in [0.3, 0.4) is 0 Å². The van der Waals surface area contributed by atoms with Gasteiger partial charge in [-0.05, 0) is 75.6 Å². The van der Waals surface area contributed by atoms with E-state index in [0.717, 1.165) is 49.8 Å². The molecule has 0 spiro atoms. The molecule has 1 aromatic carbocycles. The van der Waals surface area contributed by atoms with Crippen LogP contribution in [0.15, 0.2) is 24.3 Å². The van der Waals surface area contributed by atoms with Gasteiger partial charge in [-0.15, -0.1) is 0 Å². The second kappa shape index (κ2) is 9.87. The average molecular weight is 416 g/mol. The quantitative estimate of drug-likeness (QED) is 0.662. The van der Waals surface area contributed by atoms with Crippen LogP contribution in [0, 0.1) is 11.7 Å². The van der Waals surface area contributed by atoms with Crippen molar-refractivity contribution in [1.82, 2.24) is 15.1 Å². The second-order valence-electron chi connectivity index (χ2n) is 8.39. The zero-order chi connectivity index (χ0) is 21.7. The first-order chi connectivity index (χ1) is 14.3. The number of amides is 1. The van der Waals surface area contributed by atoms with E-state index in [0.29, 0.717) is 11.6 Å². The van der Waals surface area contributed by atoms with Gasteiger partial charge >= 0.3 is 5.97 Å². The molecule has 6 nitrogen and oxygen atoms in total. The monoisotopic (exact) mass is 415 g/mol. The lowest BCUT2D eigenvalue weighted by Crippen LogP contribution is -2.36. The van der Waals surface area contributed by atoms with Crippen molar-refractivity contribution < 1.29 is 18.7 Å². The van der Waals surface area contributed by atoms with E-state index in [1.807, 2.05) is 6.92 Å². The van der Waals surface area contributed by atoms with E-state index < -0.39 is 5.97 Å². The molecular weight excluding hydrogens is 385 g/mol. The highest BCUT2D eigenvalue weighted by Gasteiger charge is 2.27. The fourth-order valence-electron chi connectivity index (χ4n) is 3.73. The van der Waals surface area contributed by atoms with E-state index in [4.69, 9.17) is 4.74 Å². The molecule has 7 heteroatoms. The summed E-state index contributed by atoms with van der Waals surface area (Å²) in [5.74, 6) is -0.664. The van der Waals surface area contributed by atoms with Crippen LogP contribution in [0.5, 0.6) is 0 Å². The highest BCUT2D eigenvalue weighted by molar-refractivity contribution is 5.91. The minimum atomic E-state index is -0.598. The summed E-state index contributed by atoms with van der Waals surface area (Å²) in [6.45, 7) is 5.90. The highest BCUT2D eigenvalue weighted by atomic mass is 19.1.